The van der Waals surface area contributed by atoms with Crippen molar-refractivity contribution in [2.45, 2.75) is 32.6 Å². The van der Waals surface area contributed by atoms with Crippen LogP contribution in [0.3, 0.4) is 0 Å². The number of nitrogens with zero attached hydrogens (tertiary/aromatic N) is 1. The number of halogens is 2. The molecule has 5 heteroatoms. The van der Waals surface area contributed by atoms with E-state index in [1.807, 2.05) is 0 Å². The van der Waals surface area contributed by atoms with Gasteiger partial charge in [-0.2, -0.15) is 3.94 Å². The summed E-state index contributed by atoms with van der Waals surface area (Å²) in [6.07, 6.45) is 4.99. The topological polar surface area (TPSA) is 3.24 Å². The van der Waals surface area contributed by atoms with Gasteiger partial charge in [-0.25, -0.2) is 0 Å². The first-order chi connectivity index (χ1) is 5.68. The summed E-state index contributed by atoms with van der Waals surface area (Å²) < 4.78 is 1.48. The second-order valence-electron chi connectivity index (χ2n) is 2.41. The Labute approximate surface area is 94.0 Å². The Morgan fingerprint density at radius 1 is 1.33 bits per heavy atom. The Morgan fingerprint density at radius 2 is 2.00 bits per heavy atom. The van der Waals surface area contributed by atoms with Crippen molar-refractivity contribution in [1.29, 1.82) is 0 Å². The van der Waals surface area contributed by atoms with E-state index in [9.17, 15) is 0 Å². The molecule has 0 rings (SSSR count). The predicted molar refractivity (Wildman–Crippen MR) is 62.7 cm³/mol. The summed E-state index contributed by atoms with van der Waals surface area (Å²) in [4.78, 5) is 0. The van der Waals surface area contributed by atoms with Crippen molar-refractivity contribution in [3.05, 3.63) is 0 Å². The average molecular weight is 246 g/mol. The molecule has 0 saturated heterocycles. The molecule has 0 atom stereocenters. The van der Waals surface area contributed by atoms with Crippen LogP contribution in [0, 0.1) is 0 Å². The zero-order valence-corrected chi connectivity index (χ0v) is 10.2. The average Bonchev–Trinajstić information content (AvgIpc) is 2.03. The van der Waals surface area contributed by atoms with Crippen molar-refractivity contribution in [3.8, 4) is 0 Å². The number of unbranched alkanes of at least 4 members (excludes halogenated alkanes) is 3. The van der Waals surface area contributed by atoms with E-state index in [-0.39, 0.29) is 0 Å². The highest BCUT2D eigenvalue weighted by atomic mass is 35.5. The highest BCUT2D eigenvalue weighted by Crippen LogP contribution is 2.16. The van der Waals surface area contributed by atoms with E-state index in [1.54, 1.807) is 0 Å². The van der Waals surface area contributed by atoms with Crippen molar-refractivity contribution in [1.82, 2.24) is 3.94 Å². The fourth-order valence-corrected chi connectivity index (χ4v) is 1.90. The van der Waals surface area contributed by atoms with Gasteiger partial charge in [0, 0.05) is 29.3 Å². The highest BCUT2D eigenvalue weighted by molar-refractivity contribution is 8.23. The Morgan fingerprint density at radius 3 is 2.50 bits per heavy atom. The van der Waals surface area contributed by atoms with E-state index in [0.717, 1.165) is 9.69 Å². The molecule has 0 fully saturated rings. The molecule has 0 N–H and O–H groups in total. The smallest absolute Gasteiger partial charge is 0.167 e. The van der Waals surface area contributed by atoms with Crippen molar-refractivity contribution >= 4 is 51.9 Å². The number of rotatable bonds is 5. The van der Waals surface area contributed by atoms with Gasteiger partial charge in [-0.05, 0) is 18.6 Å². The van der Waals surface area contributed by atoms with Crippen LogP contribution in [0.1, 0.15) is 32.6 Å². The van der Waals surface area contributed by atoms with Crippen LogP contribution >= 0.6 is 47.5 Å². The van der Waals surface area contributed by atoms with Gasteiger partial charge in [0.2, 0.25) is 0 Å². The highest BCUT2D eigenvalue weighted by Gasteiger charge is 2.02. The third-order valence-corrected chi connectivity index (χ3v) is 3.56. The van der Waals surface area contributed by atoms with Crippen LogP contribution in [0.25, 0.3) is 0 Å². The lowest BCUT2D eigenvalue weighted by Gasteiger charge is -2.05. The van der Waals surface area contributed by atoms with Crippen molar-refractivity contribution < 1.29 is 0 Å². The minimum atomic E-state index is 0.537. The molecule has 0 aliphatic heterocycles. The number of thiocarbonyl (C=S) groups is 1. The standard InChI is InChI=1S/C7H13Cl2NS2/c1-2-3-4-5-6-12-7(11)10(8)9/h2-6H2,1H3. The minimum absolute atomic E-state index is 0.537. The summed E-state index contributed by atoms with van der Waals surface area (Å²) in [6, 6.07) is 0. The number of thioether (sulfide) groups is 1. The molecule has 0 bridgehead atoms. The molecule has 0 spiro atoms. The molecule has 0 heterocycles. The summed E-state index contributed by atoms with van der Waals surface area (Å²) in [5, 5.41) is 0. The van der Waals surface area contributed by atoms with Gasteiger partial charge in [0.25, 0.3) is 0 Å². The van der Waals surface area contributed by atoms with E-state index in [1.165, 1.54) is 37.4 Å². The lowest BCUT2D eigenvalue weighted by molar-refractivity contribution is 0.707. The van der Waals surface area contributed by atoms with Gasteiger partial charge in [-0.15, -0.1) is 0 Å². The maximum absolute atomic E-state index is 5.41. The molecule has 0 aromatic carbocycles. The molecule has 1 nitrogen and oxygen atoms in total. The van der Waals surface area contributed by atoms with Crippen molar-refractivity contribution in [2.24, 2.45) is 0 Å². The fourth-order valence-electron chi connectivity index (χ4n) is 0.737. The van der Waals surface area contributed by atoms with Gasteiger partial charge in [-0.3, -0.25) is 0 Å². The van der Waals surface area contributed by atoms with Gasteiger partial charge in [0.15, 0.2) is 4.32 Å². The molecule has 0 aliphatic rings. The second kappa shape index (κ2) is 8.42. The Hall–Kier alpha value is 0.820. The van der Waals surface area contributed by atoms with Gasteiger partial charge >= 0.3 is 0 Å². The first-order valence-electron chi connectivity index (χ1n) is 3.97. The Kier molecular flexibility index (Phi) is 9.00. The quantitative estimate of drug-likeness (QED) is 0.406. The molecule has 0 saturated carbocycles. The van der Waals surface area contributed by atoms with Gasteiger partial charge in [-0.1, -0.05) is 37.9 Å². The normalized spacial score (nSPS) is 9.92. The first-order valence-corrected chi connectivity index (χ1v) is 6.04. The van der Waals surface area contributed by atoms with Crippen LogP contribution < -0.4 is 0 Å². The molecule has 0 aromatic rings. The summed E-state index contributed by atoms with van der Waals surface area (Å²) in [5.41, 5.74) is 0. The molecule has 0 unspecified atom stereocenters. The van der Waals surface area contributed by atoms with Gasteiger partial charge < -0.3 is 0 Å². The molecule has 0 aromatic heterocycles. The summed E-state index contributed by atoms with van der Waals surface area (Å²) in [6.45, 7) is 2.19. The van der Waals surface area contributed by atoms with Crippen LogP contribution in [0.5, 0.6) is 0 Å². The molecular formula is C7H13Cl2NS2. The summed E-state index contributed by atoms with van der Waals surface area (Å²) >= 11 is 17.2. The third-order valence-electron chi connectivity index (χ3n) is 1.36. The Bertz CT molecular complexity index is 131. The fraction of sp³-hybridized carbons (Fsp3) is 0.857. The summed E-state index contributed by atoms with van der Waals surface area (Å²) in [7, 11) is 0. The second-order valence-corrected chi connectivity index (χ2v) is 4.99. The summed E-state index contributed by atoms with van der Waals surface area (Å²) in [5.74, 6) is 1.01. The van der Waals surface area contributed by atoms with Crippen LogP contribution in [-0.4, -0.2) is 14.0 Å². The lowest BCUT2D eigenvalue weighted by Crippen LogP contribution is -2.03. The molecule has 0 amide bonds. The zero-order valence-electron chi connectivity index (χ0n) is 7.06. The number of hydrogen-bond acceptors (Lipinski definition) is 2. The van der Waals surface area contributed by atoms with E-state index in [2.05, 4.69) is 6.92 Å². The van der Waals surface area contributed by atoms with Gasteiger partial charge in [0.05, 0.1) is 0 Å². The minimum Gasteiger partial charge on any atom is -0.176 e. The number of hydrogen-bond donors (Lipinski definition) is 0. The van der Waals surface area contributed by atoms with E-state index in [4.69, 9.17) is 35.8 Å². The molecule has 72 valence electrons. The lowest BCUT2D eigenvalue weighted by atomic mass is 10.2. The molecule has 12 heavy (non-hydrogen) atoms. The van der Waals surface area contributed by atoms with Crippen molar-refractivity contribution in [3.63, 3.8) is 0 Å². The van der Waals surface area contributed by atoms with Crippen LogP contribution in [0.15, 0.2) is 0 Å². The van der Waals surface area contributed by atoms with E-state index >= 15 is 0 Å². The van der Waals surface area contributed by atoms with E-state index in [0.29, 0.717) is 4.32 Å². The van der Waals surface area contributed by atoms with E-state index < -0.39 is 0 Å². The first kappa shape index (κ1) is 12.8. The molecule has 0 radical (unpaired) electrons. The predicted octanol–water partition coefficient (Wildman–Crippen LogP) is 4.19. The monoisotopic (exact) mass is 245 g/mol. The third kappa shape index (κ3) is 7.47. The Balaban J connectivity index is 3.14. The van der Waals surface area contributed by atoms with Gasteiger partial charge in [0.1, 0.15) is 0 Å². The maximum Gasteiger partial charge on any atom is 0.167 e. The molecule has 0 aliphatic carbocycles. The van der Waals surface area contributed by atoms with Crippen LogP contribution in [0.2, 0.25) is 0 Å². The maximum atomic E-state index is 5.41. The SMILES string of the molecule is CCCCCCSC(=S)N(Cl)Cl. The van der Waals surface area contributed by atoms with Crippen LogP contribution in [0.4, 0.5) is 0 Å². The van der Waals surface area contributed by atoms with Crippen LogP contribution in [-0.2, 0) is 0 Å². The zero-order chi connectivity index (χ0) is 9.40. The molecular weight excluding hydrogens is 233 g/mol. The van der Waals surface area contributed by atoms with Crippen molar-refractivity contribution in [2.75, 3.05) is 5.75 Å². The largest absolute Gasteiger partial charge is 0.176 e.